The first-order valence-electron chi connectivity index (χ1n) is 6.09. The van der Waals surface area contributed by atoms with Gasteiger partial charge in [0, 0.05) is 43.8 Å². The van der Waals surface area contributed by atoms with E-state index in [9.17, 15) is 10.1 Å². The SMILES string of the molecule is O=[N+]([O-])c1cc2cncnc2cc1N1CCNCC1. The fourth-order valence-corrected chi connectivity index (χ4v) is 2.31. The molecule has 1 aliphatic heterocycles. The topological polar surface area (TPSA) is 84.2 Å². The van der Waals surface area contributed by atoms with Gasteiger partial charge in [0.05, 0.1) is 10.4 Å². The van der Waals surface area contributed by atoms with Gasteiger partial charge >= 0.3 is 0 Å². The van der Waals surface area contributed by atoms with Crippen LogP contribution in [-0.4, -0.2) is 41.1 Å². The monoisotopic (exact) mass is 259 g/mol. The van der Waals surface area contributed by atoms with Gasteiger partial charge in [0.15, 0.2) is 0 Å². The summed E-state index contributed by atoms with van der Waals surface area (Å²) in [7, 11) is 0. The van der Waals surface area contributed by atoms with Gasteiger partial charge < -0.3 is 10.2 Å². The lowest BCUT2D eigenvalue weighted by Gasteiger charge is -2.29. The van der Waals surface area contributed by atoms with Crippen LogP contribution in [0.2, 0.25) is 0 Å². The van der Waals surface area contributed by atoms with E-state index in [0.29, 0.717) is 11.1 Å². The molecule has 3 rings (SSSR count). The Bertz CT molecular complexity index is 625. The van der Waals surface area contributed by atoms with Crippen LogP contribution in [0.15, 0.2) is 24.7 Å². The van der Waals surface area contributed by atoms with E-state index in [-0.39, 0.29) is 10.6 Å². The zero-order chi connectivity index (χ0) is 13.2. The summed E-state index contributed by atoms with van der Waals surface area (Å²) in [5.41, 5.74) is 1.48. The van der Waals surface area contributed by atoms with E-state index in [1.165, 1.54) is 6.33 Å². The Balaban J connectivity index is 2.14. The second-order valence-electron chi connectivity index (χ2n) is 4.42. The Hall–Kier alpha value is -2.28. The molecule has 0 aliphatic carbocycles. The summed E-state index contributed by atoms with van der Waals surface area (Å²) in [5, 5.41) is 15.2. The van der Waals surface area contributed by atoms with Crippen molar-refractivity contribution in [2.75, 3.05) is 31.1 Å². The molecule has 1 aliphatic rings. The molecule has 2 heterocycles. The van der Waals surface area contributed by atoms with Gasteiger partial charge in [-0.3, -0.25) is 10.1 Å². The number of aromatic nitrogens is 2. The molecule has 0 amide bonds. The van der Waals surface area contributed by atoms with Crippen LogP contribution in [0.25, 0.3) is 10.9 Å². The zero-order valence-electron chi connectivity index (χ0n) is 10.2. The Morgan fingerprint density at radius 2 is 2.11 bits per heavy atom. The third kappa shape index (κ3) is 2.19. The number of hydrogen-bond donors (Lipinski definition) is 1. The van der Waals surface area contributed by atoms with Crippen molar-refractivity contribution >= 4 is 22.3 Å². The fraction of sp³-hybridized carbons (Fsp3) is 0.333. The summed E-state index contributed by atoms with van der Waals surface area (Å²) < 4.78 is 0. The molecule has 1 fully saturated rings. The molecule has 0 radical (unpaired) electrons. The molecule has 7 nitrogen and oxygen atoms in total. The zero-order valence-corrected chi connectivity index (χ0v) is 10.2. The molecule has 1 N–H and O–H groups in total. The molecule has 1 aromatic heterocycles. The second kappa shape index (κ2) is 4.77. The van der Waals surface area contributed by atoms with Crippen LogP contribution in [0.4, 0.5) is 11.4 Å². The lowest BCUT2D eigenvalue weighted by molar-refractivity contribution is -0.384. The van der Waals surface area contributed by atoms with Gasteiger partial charge in [-0.25, -0.2) is 9.97 Å². The van der Waals surface area contributed by atoms with Crippen molar-refractivity contribution in [1.29, 1.82) is 0 Å². The largest absolute Gasteiger partial charge is 0.363 e. The van der Waals surface area contributed by atoms with Crippen LogP contribution in [0.5, 0.6) is 0 Å². The van der Waals surface area contributed by atoms with Gasteiger partial charge in [0.25, 0.3) is 5.69 Å². The van der Waals surface area contributed by atoms with Crippen molar-refractivity contribution in [2.24, 2.45) is 0 Å². The molecule has 1 aromatic carbocycles. The van der Waals surface area contributed by atoms with E-state index in [4.69, 9.17) is 0 Å². The van der Waals surface area contributed by atoms with Gasteiger partial charge in [0.1, 0.15) is 12.0 Å². The van der Waals surface area contributed by atoms with E-state index >= 15 is 0 Å². The molecule has 0 saturated carbocycles. The van der Waals surface area contributed by atoms with E-state index in [1.807, 2.05) is 4.90 Å². The van der Waals surface area contributed by atoms with Crippen LogP contribution in [-0.2, 0) is 0 Å². The highest BCUT2D eigenvalue weighted by atomic mass is 16.6. The minimum atomic E-state index is -0.343. The second-order valence-corrected chi connectivity index (χ2v) is 4.42. The van der Waals surface area contributed by atoms with Crippen LogP contribution < -0.4 is 10.2 Å². The number of nitrogens with one attached hydrogen (secondary N) is 1. The first kappa shape index (κ1) is 11.8. The lowest BCUT2D eigenvalue weighted by atomic mass is 10.1. The molecule has 98 valence electrons. The minimum absolute atomic E-state index is 0.115. The molecule has 0 atom stereocenters. The smallest absolute Gasteiger partial charge is 0.293 e. The van der Waals surface area contributed by atoms with Gasteiger partial charge in [0.2, 0.25) is 0 Å². The van der Waals surface area contributed by atoms with Crippen LogP contribution >= 0.6 is 0 Å². The van der Waals surface area contributed by atoms with Crippen LogP contribution in [0.1, 0.15) is 0 Å². The number of piperazine rings is 1. The van der Waals surface area contributed by atoms with Crippen LogP contribution in [0, 0.1) is 10.1 Å². The number of hydrogen-bond acceptors (Lipinski definition) is 6. The number of anilines is 1. The van der Waals surface area contributed by atoms with Gasteiger partial charge in [-0.15, -0.1) is 0 Å². The maximum absolute atomic E-state index is 11.2. The predicted octanol–water partition coefficient (Wildman–Crippen LogP) is 0.948. The minimum Gasteiger partial charge on any atom is -0.363 e. The molecule has 0 spiro atoms. The van der Waals surface area contributed by atoms with E-state index in [2.05, 4.69) is 15.3 Å². The maximum atomic E-state index is 11.2. The first-order chi connectivity index (χ1) is 9.25. The van der Waals surface area contributed by atoms with Gasteiger partial charge in [-0.05, 0) is 6.07 Å². The van der Waals surface area contributed by atoms with E-state index in [1.54, 1.807) is 18.3 Å². The van der Waals surface area contributed by atoms with Gasteiger partial charge in [-0.2, -0.15) is 0 Å². The molecule has 2 aromatic rings. The Morgan fingerprint density at radius 3 is 2.84 bits per heavy atom. The summed E-state index contributed by atoms with van der Waals surface area (Å²) in [4.78, 5) is 21.0. The average molecular weight is 259 g/mol. The quantitative estimate of drug-likeness (QED) is 0.638. The number of benzene rings is 1. The number of nitro benzene ring substituents is 1. The molecule has 0 bridgehead atoms. The fourth-order valence-electron chi connectivity index (χ4n) is 2.31. The molecule has 1 saturated heterocycles. The van der Waals surface area contributed by atoms with Crippen molar-refractivity contribution in [3.05, 3.63) is 34.8 Å². The van der Waals surface area contributed by atoms with Crippen molar-refractivity contribution < 1.29 is 4.92 Å². The standard InChI is InChI=1S/C12H13N5O2/c18-17(19)12-5-9-7-14-8-15-10(9)6-11(12)16-3-1-13-2-4-16/h5-8,13H,1-4H2. The Morgan fingerprint density at radius 1 is 1.32 bits per heavy atom. The summed E-state index contributed by atoms with van der Waals surface area (Å²) in [6.45, 7) is 3.19. The maximum Gasteiger partial charge on any atom is 0.293 e. The highest BCUT2D eigenvalue weighted by molar-refractivity contribution is 5.87. The summed E-state index contributed by atoms with van der Waals surface area (Å²) in [6, 6.07) is 3.33. The van der Waals surface area contributed by atoms with Crippen molar-refractivity contribution in [2.45, 2.75) is 0 Å². The van der Waals surface area contributed by atoms with Crippen molar-refractivity contribution in [3.8, 4) is 0 Å². The van der Waals surface area contributed by atoms with E-state index < -0.39 is 0 Å². The Kier molecular flexibility index (Phi) is 2.96. The normalized spacial score (nSPS) is 15.7. The molecule has 0 unspecified atom stereocenters. The van der Waals surface area contributed by atoms with E-state index in [0.717, 1.165) is 31.7 Å². The third-order valence-electron chi connectivity index (χ3n) is 3.26. The number of nitro groups is 1. The average Bonchev–Trinajstić information content (AvgIpc) is 2.46. The van der Waals surface area contributed by atoms with Gasteiger partial charge in [-0.1, -0.05) is 0 Å². The summed E-state index contributed by atoms with van der Waals surface area (Å²) in [6.07, 6.45) is 3.05. The Labute approximate surface area is 109 Å². The van der Waals surface area contributed by atoms with Crippen LogP contribution in [0.3, 0.4) is 0 Å². The summed E-state index contributed by atoms with van der Waals surface area (Å²) in [5.74, 6) is 0. The number of nitrogens with zero attached hydrogens (tertiary/aromatic N) is 4. The predicted molar refractivity (Wildman–Crippen MR) is 71.3 cm³/mol. The molecular weight excluding hydrogens is 246 g/mol. The third-order valence-corrected chi connectivity index (χ3v) is 3.26. The van der Waals surface area contributed by atoms with Crippen molar-refractivity contribution in [1.82, 2.24) is 15.3 Å². The molecular formula is C12H13N5O2. The molecule has 19 heavy (non-hydrogen) atoms. The van der Waals surface area contributed by atoms with Crippen molar-refractivity contribution in [3.63, 3.8) is 0 Å². The number of fused-ring (bicyclic) bond motifs is 1. The molecule has 7 heteroatoms. The summed E-state index contributed by atoms with van der Waals surface area (Å²) >= 11 is 0. The first-order valence-corrected chi connectivity index (χ1v) is 6.09. The highest BCUT2D eigenvalue weighted by Gasteiger charge is 2.22. The highest BCUT2D eigenvalue weighted by Crippen LogP contribution is 2.32. The number of rotatable bonds is 2. The lowest BCUT2D eigenvalue weighted by Crippen LogP contribution is -2.43.